The molecule has 0 fully saturated rings. The summed E-state index contributed by atoms with van der Waals surface area (Å²) < 4.78 is 0. The number of anilines is 2. The number of benzene rings is 2. The first-order valence-electron chi connectivity index (χ1n) is 8.07. The standard InChI is InChI=1S/C19H23ClN2O/c1-21(2)10-3-11-22-18-9-8-17(23)12-15(18)5-4-14-6-7-16(20)13-19(14)22/h6-9,12-13,23H,3-5,10-11H2,1-2H3. The lowest BCUT2D eigenvalue weighted by atomic mass is 10.0. The number of aromatic hydroxyl groups is 1. The van der Waals surface area contributed by atoms with Crippen molar-refractivity contribution >= 4 is 23.0 Å². The van der Waals surface area contributed by atoms with Crippen molar-refractivity contribution in [3.63, 3.8) is 0 Å². The molecule has 0 atom stereocenters. The number of phenolic OH excluding ortho intramolecular Hbond substituents is 1. The van der Waals surface area contributed by atoms with E-state index < -0.39 is 0 Å². The average molecular weight is 331 g/mol. The van der Waals surface area contributed by atoms with E-state index in [9.17, 15) is 5.11 Å². The largest absolute Gasteiger partial charge is 0.508 e. The first kappa shape index (κ1) is 16.2. The van der Waals surface area contributed by atoms with Gasteiger partial charge in [0, 0.05) is 22.9 Å². The summed E-state index contributed by atoms with van der Waals surface area (Å²) in [6, 6.07) is 11.8. The van der Waals surface area contributed by atoms with E-state index in [0.717, 1.165) is 37.4 Å². The molecular weight excluding hydrogens is 308 g/mol. The highest BCUT2D eigenvalue weighted by atomic mass is 35.5. The van der Waals surface area contributed by atoms with Crippen LogP contribution in [-0.2, 0) is 12.8 Å². The Labute approximate surface area is 143 Å². The monoisotopic (exact) mass is 330 g/mol. The molecule has 1 aliphatic heterocycles. The van der Waals surface area contributed by atoms with Gasteiger partial charge in [-0.05, 0) is 81.4 Å². The van der Waals surface area contributed by atoms with Crippen molar-refractivity contribution in [3.8, 4) is 5.75 Å². The molecular formula is C19H23ClN2O. The molecule has 0 radical (unpaired) electrons. The Balaban J connectivity index is 2.01. The molecule has 2 aromatic rings. The molecule has 0 aliphatic carbocycles. The number of fused-ring (bicyclic) bond motifs is 2. The molecule has 2 aromatic carbocycles. The number of hydrogen-bond donors (Lipinski definition) is 1. The van der Waals surface area contributed by atoms with Crippen LogP contribution in [0, 0.1) is 0 Å². The summed E-state index contributed by atoms with van der Waals surface area (Å²) in [6.45, 7) is 1.98. The lowest BCUT2D eigenvalue weighted by Gasteiger charge is -2.28. The molecule has 1 aliphatic rings. The lowest BCUT2D eigenvalue weighted by molar-refractivity contribution is 0.402. The van der Waals surface area contributed by atoms with Crippen molar-refractivity contribution in [1.82, 2.24) is 4.90 Å². The van der Waals surface area contributed by atoms with E-state index in [1.807, 2.05) is 18.2 Å². The van der Waals surface area contributed by atoms with Crippen LogP contribution in [0.5, 0.6) is 5.75 Å². The van der Waals surface area contributed by atoms with E-state index in [0.29, 0.717) is 5.75 Å². The minimum atomic E-state index is 0.334. The van der Waals surface area contributed by atoms with Crippen molar-refractivity contribution in [2.24, 2.45) is 0 Å². The molecule has 0 saturated heterocycles. The van der Waals surface area contributed by atoms with Crippen LogP contribution in [0.4, 0.5) is 11.4 Å². The zero-order valence-electron chi connectivity index (χ0n) is 13.7. The molecule has 0 unspecified atom stereocenters. The third-order valence-corrected chi connectivity index (χ3v) is 4.58. The van der Waals surface area contributed by atoms with Crippen molar-refractivity contribution in [2.75, 3.05) is 32.1 Å². The van der Waals surface area contributed by atoms with Crippen molar-refractivity contribution < 1.29 is 5.11 Å². The summed E-state index contributed by atoms with van der Waals surface area (Å²) in [4.78, 5) is 4.56. The smallest absolute Gasteiger partial charge is 0.116 e. The normalized spacial score (nSPS) is 13.7. The molecule has 0 aromatic heterocycles. The highest BCUT2D eigenvalue weighted by Gasteiger charge is 2.21. The Morgan fingerprint density at radius 3 is 2.61 bits per heavy atom. The Bertz CT molecular complexity index is 700. The maximum atomic E-state index is 9.83. The number of halogens is 1. The molecule has 3 rings (SSSR count). The average Bonchev–Trinajstić information content (AvgIpc) is 2.64. The third-order valence-electron chi connectivity index (χ3n) is 4.34. The SMILES string of the molecule is CN(C)CCCN1c2ccc(O)cc2CCc2ccc(Cl)cc21. The second-order valence-electron chi connectivity index (χ2n) is 6.39. The molecule has 4 heteroatoms. The van der Waals surface area contributed by atoms with Crippen molar-refractivity contribution in [2.45, 2.75) is 19.3 Å². The predicted molar refractivity (Wildman–Crippen MR) is 97.1 cm³/mol. The lowest BCUT2D eigenvalue weighted by Crippen LogP contribution is -2.24. The van der Waals surface area contributed by atoms with Gasteiger partial charge in [-0.3, -0.25) is 0 Å². The van der Waals surface area contributed by atoms with E-state index in [1.54, 1.807) is 6.07 Å². The molecule has 0 amide bonds. The number of nitrogens with zero attached hydrogens (tertiary/aromatic N) is 2. The summed E-state index contributed by atoms with van der Waals surface area (Å²) in [5, 5.41) is 10.6. The fourth-order valence-electron chi connectivity index (χ4n) is 3.22. The van der Waals surface area contributed by atoms with Crippen LogP contribution in [0.1, 0.15) is 17.5 Å². The zero-order chi connectivity index (χ0) is 16.4. The number of rotatable bonds is 4. The molecule has 23 heavy (non-hydrogen) atoms. The summed E-state index contributed by atoms with van der Waals surface area (Å²) in [6.07, 6.45) is 2.97. The topological polar surface area (TPSA) is 26.7 Å². The maximum Gasteiger partial charge on any atom is 0.116 e. The summed E-state index contributed by atoms with van der Waals surface area (Å²) in [5.41, 5.74) is 4.89. The number of aryl methyl sites for hydroxylation is 2. The van der Waals surface area contributed by atoms with Crippen LogP contribution >= 0.6 is 11.6 Å². The van der Waals surface area contributed by atoms with E-state index in [2.05, 4.69) is 36.0 Å². The van der Waals surface area contributed by atoms with Gasteiger partial charge in [0.2, 0.25) is 0 Å². The Kier molecular flexibility index (Phi) is 4.79. The second-order valence-corrected chi connectivity index (χ2v) is 6.83. The Morgan fingerprint density at radius 2 is 1.83 bits per heavy atom. The highest BCUT2D eigenvalue weighted by molar-refractivity contribution is 6.30. The van der Waals surface area contributed by atoms with Crippen LogP contribution in [0.25, 0.3) is 0 Å². The summed E-state index contributed by atoms with van der Waals surface area (Å²) in [5.74, 6) is 0.334. The molecule has 0 spiro atoms. The maximum absolute atomic E-state index is 9.83. The number of hydrogen-bond acceptors (Lipinski definition) is 3. The van der Waals surface area contributed by atoms with Gasteiger partial charge in [-0.1, -0.05) is 17.7 Å². The van der Waals surface area contributed by atoms with Gasteiger partial charge in [-0.25, -0.2) is 0 Å². The van der Waals surface area contributed by atoms with Crippen LogP contribution in [0.15, 0.2) is 36.4 Å². The molecule has 122 valence electrons. The molecule has 1 N–H and O–H groups in total. The number of phenols is 1. The summed E-state index contributed by atoms with van der Waals surface area (Å²) >= 11 is 6.26. The van der Waals surface area contributed by atoms with Crippen LogP contribution in [0.3, 0.4) is 0 Å². The van der Waals surface area contributed by atoms with Gasteiger partial charge in [0.05, 0.1) is 0 Å². The van der Waals surface area contributed by atoms with Crippen LogP contribution in [-0.4, -0.2) is 37.2 Å². The van der Waals surface area contributed by atoms with Gasteiger partial charge in [-0.2, -0.15) is 0 Å². The van der Waals surface area contributed by atoms with Crippen molar-refractivity contribution in [1.29, 1.82) is 0 Å². The minimum Gasteiger partial charge on any atom is -0.508 e. The quantitative estimate of drug-likeness (QED) is 0.908. The van der Waals surface area contributed by atoms with Gasteiger partial charge in [-0.15, -0.1) is 0 Å². The minimum absolute atomic E-state index is 0.334. The molecule has 3 nitrogen and oxygen atoms in total. The Hall–Kier alpha value is -1.71. The van der Waals surface area contributed by atoms with Gasteiger partial charge >= 0.3 is 0 Å². The highest BCUT2D eigenvalue weighted by Crippen LogP contribution is 2.38. The molecule has 1 heterocycles. The zero-order valence-corrected chi connectivity index (χ0v) is 14.5. The molecule has 0 bridgehead atoms. The second kappa shape index (κ2) is 6.81. The van der Waals surface area contributed by atoms with Gasteiger partial charge in [0.1, 0.15) is 5.75 Å². The predicted octanol–water partition coefficient (Wildman–Crippen LogP) is 4.23. The fraction of sp³-hybridized carbons (Fsp3) is 0.368. The van der Waals surface area contributed by atoms with Gasteiger partial charge in [0.15, 0.2) is 0 Å². The van der Waals surface area contributed by atoms with Crippen LogP contribution in [0.2, 0.25) is 5.02 Å². The van der Waals surface area contributed by atoms with E-state index in [-0.39, 0.29) is 0 Å². The van der Waals surface area contributed by atoms with Crippen molar-refractivity contribution in [3.05, 3.63) is 52.5 Å². The molecule has 0 saturated carbocycles. The Morgan fingerprint density at radius 1 is 1.04 bits per heavy atom. The third kappa shape index (κ3) is 3.62. The van der Waals surface area contributed by atoms with E-state index in [4.69, 9.17) is 11.6 Å². The van der Waals surface area contributed by atoms with Gasteiger partial charge < -0.3 is 14.9 Å². The first-order chi connectivity index (χ1) is 11.0. The summed E-state index contributed by atoms with van der Waals surface area (Å²) in [7, 11) is 4.19. The van der Waals surface area contributed by atoms with E-state index in [1.165, 1.54) is 22.5 Å². The van der Waals surface area contributed by atoms with Gasteiger partial charge in [0.25, 0.3) is 0 Å². The van der Waals surface area contributed by atoms with E-state index >= 15 is 0 Å². The first-order valence-corrected chi connectivity index (χ1v) is 8.45. The van der Waals surface area contributed by atoms with Crippen LogP contribution < -0.4 is 4.90 Å². The fourth-order valence-corrected chi connectivity index (χ4v) is 3.39.